The van der Waals surface area contributed by atoms with Gasteiger partial charge in [0.1, 0.15) is 0 Å². The maximum atomic E-state index is 11.3. The summed E-state index contributed by atoms with van der Waals surface area (Å²) in [7, 11) is 0. The highest BCUT2D eigenvalue weighted by molar-refractivity contribution is 6.02. The SMILES string of the molecule is NC(=O)C1=CC2CCC1(C(N)=O)C2.c1ccccc1. The fraction of sp³-hybridized carbons (Fsp3) is 0.333. The summed E-state index contributed by atoms with van der Waals surface area (Å²) in [4.78, 5) is 22.3. The molecule has 1 aromatic rings. The van der Waals surface area contributed by atoms with Crippen LogP contribution in [0.25, 0.3) is 0 Å². The molecule has 0 heterocycles. The van der Waals surface area contributed by atoms with Crippen molar-refractivity contribution in [1.29, 1.82) is 0 Å². The van der Waals surface area contributed by atoms with Gasteiger partial charge in [0.05, 0.1) is 5.41 Å². The molecule has 2 bridgehead atoms. The quantitative estimate of drug-likeness (QED) is 0.839. The van der Waals surface area contributed by atoms with Crippen molar-refractivity contribution in [2.24, 2.45) is 22.8 Å². The molecule has 2 aliphatic carbocycles. The van der Waals surface area contributed by atoms with Gasteiger partial charge in [-0.05, 0) is 25.2 Å². The first-order chi connectivity index (χ1) is 9.06. The zero-order valence-electron chi connectivity index (χ0n) is 10.7. The van der Waals surface area contributed by atoms with E-state index < -0.39 is 17.2 Å². The molecule has 19 heavy (non-hydrogen) atoms. The van der Waals surface area contributed by atoms with E-state index in [1.54, 1.807) is 0 Å². The second kappa shape index (κ2) is 5.26. The third kappa shape index (κ3) is 2.52. The Kier molecular flexibility index (Phi) is 3.69. The number of carbonyl (C=O) groups is 2. The van der Waals surface area contributed by atoms with Crippen molar-refractivity contribution in [3.63, 3.8) is 0 Å². The lowest BCUT2D eigenvalue weighted by molar-refractivity contribution is -0.128. The van der Waals surface area contributed by atoms with Gasteiger partial charge in [-0.2, -0.15) is 0 Å². The molecule has 0 spiro atoms. The summed E-state index contributed by atoms with van der Waals surface area (Å²) in [6, 6.07) is 12.0. The van der Waals surface area contributed by atoms with Crippen molar-refractivity contribution in [3.8, 4) is 0 Å². The third-order valence-corrected chi connectivity index (χ3v) is 3.87. The molecule has 2 amide bonds. The van der Waals surface area contributed by atoms with Crippen molar-refractivity contribution in [2.75, 3.05) is 0 Å². The number of carbonyl (C=O) groups excluding carboxylic acids is 2. The van der Waals surface area contributed by atoms with Crippen LogP contribution in [0.3, 0.4) is 0 Å². The lowest BCUT2D eigenvalue weighted by Crippen LogP contribution is -2.39. The van der Waals surface area contributed by atoms with Gasteiger partial charge in [0, 0.05) is 5.57 Å². The van der Waals surface area contributed by atoms with Crippen molar-refractivity contribution in [2.45, 2.75) is 19.3 Å². The second-order valence-corrected chi connectivity index (χ2v) is 5.05. The number of benzene rings is 1. The van der Waals surface area contributed by atoms with E-state index in [0.717, 1.165) is 6.42 Å². The number of allylic oxidation sites excluding steroid dienone is 1. The Labute approximate surface area is 112 Å². The summed E-state index contributed by atoms with van der Waals surface area (Å²) in [5.41, 5.74) is 10.2. The van der Waals surface area contributed by atoms with E-state index in [4.69, 9.17) is 11.5 Å². The molecule has 0 aliphatic heterocycles. The molecule has 4 heteroatoms. The summed E-state index contributed by atoms with van der Waals surface area (Å²) in [5.74, 6) is -0.575. The van der Waals surface area contributed by atoms with Crippen LogP contribution in [0.1, 0.15) is 19.3 Å². The molecule has 2 unspecified atom stereocenters. The van der Waals surface area contributed by atoms with Crippen LogP contribution in [0.4, 0.5) is 0 Å². The average Bonchev–Trinajstić information content (AvgIpc) is 3.00. The summed E-state index contributed by atoms with van der Waals surface area (Å²) in [6.07, 6.45) is 4.12. The topological polar surface area (TPSA) is 86.2 Å². The van der Waals surface area contributed by atoms with Crippen molar-refractivity contribution >= 4 is 11.8 Å². The normalized spacial score (nSPS) is 27.2. The Bertz CT molecular complexity index is 483. The van der Waals surface area contributed by atoms with Crippen molar-refractivity contribution in [3.05, 3.63) is 48.0 Å². The van der Waals surface area contributed by atoms with Gasteiger partial charge in [-0.15, -0.1) is 0 Å². The van der Waals surface area contributed by atoms with Crippen LogP contribution in [0.15, 0.2) is 48.0 Å². The summed E-state index contributed by atoms with van der Waals surface area (Å²) < 4.78 is 0. The van der Waals surface area contributed by atoms with E-state index in [1.165, 1.54) is 0 Å². The van der Waals surface area contributed by atoms with Crippen molar-refractivity contribution < 1.29 is 9.59 Å². The second-order valence-electron chi connectivity index (χ2n) is 5.05. The van der Waals surface area contributed by atoms with Crippen LogP contribution in [0.5, 0.6) is 0 Å². The van der Waals surface area contributed by atoms with Gasteiger partial charge >= 0.3 is 0 Å². The molecule has 4 nitrogen and oxygen atoms in total. The fourth-order valence-electron chi connectivity index (χ4n) is 2.92. The highest BCUT2D eigenvalue weighted by Crippen LogP contribution is 2.53. The lowest BCUT2D eigenvalue weighted by Gasteiger charge is -2.24. The van der Waals surface area contributed by atoms with Crippen LogP contribution >= 0.6 is 0 Å². The van der Waals surface area contributed by atoms with Crippen LogP contribution in [0.2, 0.25) is 0 Å². The van der Waals surface area contributed by atoms with E-state index in [-0.39, 0.29) is 0 Å². The smallest absolute Gasteiger partial charge is 0.245 e. The van der Waals surface area contributed by atoms with E-state index in [1.807, 2.05) is 42.5 Å². The van der Waals surface area contributed by atoms with Gasteiger partial charge in [0.2, 0.25) is 11.8 Å². The monoisotopic (exact) mass is 258 g/mol. The number of primary amides is 2. The lowest BCUT2D eigenvalue weighted by atomic mass is 9.79. The summed E-state index contributed by atoms with van der Waals surface area (Å²) >= 11 is 0. The molecule has 3 rings (SSSR count). The zero-order chi connectivity index (χ0) is 13.9. The van der Waals surface area contributed by atoms with Gasteiger partial charge in [-0.1, -0.05) is 42.5 Å². The molecule has 2 atom stereocenters. The minimum absolute atomic E-state index is 0.329. The molecule has 1 fully saturated rings. The number of fused-ring (bicyclic) bond motifs is 2. The Morgan fingerprint density at radius 1 is 1.05 bits per heavy atom. The van der Waals surface area contributed by atoms with Gasteiger partial charge in [0.25, 0.3) is 0 Å². The van der Waals surface area contributed by atoms with Crippen molar-refractivity contribution in [1.82, 2.24) is 0 Å². The highest BCUT2D eigenvalue weighted by Gasteiger charge is 2.52. The largest absolute Gasteiger partial charge is 0.369 e. The first kappa shape index (κ1) is 13.3. The van der Waals surface area contributed by atoms with E-state index in [2.05, 4.69) is 0 Å². The predicted octanol–water partition coefficient (Wildman–Crippen LogP) is 1.37. The third-order valence-electron chi connectivity index (χ3n) is 3.87. The Morgan fingerprint density at radius 2 is 1.58 bits per heavy atom. The summed E-state index contributed by atoms with van der Waals surface area (Å²) in [6.45, 7) is 0. The summed E-state index contributed by atoms with van der Waals surface area (Å²) in [5, 5.41) is 0. The molecule has 100 valence electrons. The Morgan fingerprint density at radius 3 is 1.89 bits per heavy atom. The Balaban J connectivity index is 0.000000186. The van der Waals surface area contributed by atoms with E-state index in [9.17, 15) is 9.59 Å². The van der Waals surface area contributed by atoms with Crippen LogP contribution < -0.4 is 11.5 Å². The first-order valence-corrected chi connectivity index (χ1v) is 6.38. The molecule has 4 N–H and O–H groups in total. The molecular weight excluding hydrogens is 240 g/mol. The number of rotatable bonds is 2. The maximum absolute atomic E-state index is 11.3. The molecule has 0 radical (unpaired) electrons. The van der Waals surface area contributed by atoms with E-state index in [0.29, 0.717) is 24.3 Å². The molecule has 1 aromatic carbocycles. The Hall–Kier alpha value is -2.10. The van der Waals surface area contributed by atoms with Gasteiger partial charge in [-0.3, -0.25) is 9.59 Å². The minimum Gasteiger partial charge on any atom is -0.369 e. The minimum atomic E-state index is -0.726. The number of hydrogen-bond donors (Lipinski definition) is 2. The highest BCUT2D eigenvalue weighted by atomic mass is 16.2. The fourth-order valence-corrected chi connectivity index (χ4v) is 2.92. The zero-order valence-corrected chi connectivity index (χ0v) is 10.7. The van der Waals surface area contributed by atoms with Gasteiger partial charge < -0.3 is 11.5 Å². The average molecular weight is 258 g/mol. The van der Waals surface area contributed by atoms with Crippen LogP contribution in [-0.2, 0) is 9.59 Å². The first-order valence-electron chi connectivity index (χ1n) is 6.38. The van der Waals surface area contributed by atoms with Crippen LogP contribution in [0, 0.1) is 11.3 Å². The molecule has 0 saturated heterocycles. The van der Waals surface area contributed by atoms with E-state index >= 15 is 0 Å². The number of hydrogen-bond acceptors (Lipinski definition) is 2. The molecular formula is C15H18N2O2. The van der Waals surface area contributed by atoms with Crippen LogP contribution in [-0.4, -0.2) is 11.8 Å². The number of amides is 2. The standard InChI is InChI=1S/C9H12N2O2.C6H6/c10-7(12)6-3-5-1-2-9(6,4-5)8(11)13;1-2-4-6-5-3-1/h3,5H,1-2,4H2,(H2,10,12)(H2,11,13);1-6H. The van der Waals surface area contributed by atoms with Gasteiger partial charge in [0.15, 0.2) is 0 Å². The maximum Gasteiger partial charge on any atom is 0.245 e. The molecule has 1 saturated carbocycles. The number of nitrogens with two attached hydrogens (primary N) is 2. The van der Waals surface area contributed by atoms with Gasteiger partial charge in [-0.25, -0.2) is 0 Å². The molecule has 0 aromatic heterocycles. The predicted molar refractivity (Wildman–Crippen MR) is 72.7 cm³/mol. The molecule has 2 aliphatic rings.